The molecule has 0 aromatic carbocycles. The number of rotatable bonds is 6. The Kier molecular flexibility index (Phi) is 5.38. The minimum absolute atomic E-state index is 0.0329. The van der Waals surface area contributed by atoms with Gasteiger partial charge in [-0.3, -0.25) is 9.69 Å². The molecule has 2 aromatic rings. The van der Waals surface area contributed by atoms with Crippen LogP contribution in [-0.2, 0) is 22.4 Å². The van der Waals surface area contributed by atoms with Gasteiger partial charge >= 0.3 is 6.09 Å². The molecule has 2 aliphatic heterocycles. The van der Waals surface area contributed by atoms with E-state index in [0.717, 1.165) is 37.3 Å². The zero-order chi connectivity index (χ0) is 22.2. The van der Waals surface area contributed by atoms with Crippen molar-refractivity contribution in [2.24, 2.45) is 5.92 Å². The third kappa shape index (κ3) is 3.97. The third-order valence-corrected chi connectivity index (χ3v) is 6.26. The lowest BCUT2D eigenvalue weighted by molar-refractivity contribution is -0.118. The van der Waals surface area contributed by atoms with E-state index in [1.165, 1.54) is 16.0 Å². The van der Waals surface area contributed by atoms with Crippen LogP contribution in [0.3, 0.4) is 0 Å². The molecule has 1 unspecified atom stereocenters. The second-order valence-corrected chi connectivity index (χ2v) is 8.56. The molecule has 168 valence electrons. The number of aromatic nitrogens is 3. The number of carbonyl (C=O) groups excluding carboxylic acids is 2. The van der Waals surface area contributed by atoms with Crippen molar-refractivity contribution in [3.05, 3.63) is 34.6 Å². The van der Waals surface area contributed by atoms with Crippen LogP contribution >= 0.6 is 0 Å². The van der Waals surface area contributed by atoms with Gasteiger partial charge in [0.2, 0.25) is 0 Å². The SMILES string of the molecule is Cc1nnc(C)c2c1CC(CNCCC1CN(c3ccc4c(n3)NC(=O)CO4)C(=O)O1)C2. The smallest absolute Gasteiger partial charge is 0.415 e. The highest BCUT2D eigenvalue weighted by Crippen LogP contribution is 2.31. The van der Waals surface area contributed by atoms with Crippen molar-refractivity contribution in [1.82, 2.24) is 20.5 Å². The lowest BCUT2D eigenvalue weighted by atomic mass is 10.1. The first-order valence-corrected chi connectivity index (χ1v) is 10.9. The fourth-order valence-electron chi connectivity index (χ4n) is 4.58. The second kappa shape index (κ2) is 8.34. The topological polar surface area (TPSA) is 119 Å². The van der Waals surface area contributed by atoms with Gasteiger partial charge in [0, 0.05) is 0 Å². The zero-order valence-corrected chi connectivity index (χ0v) is 18.2. The van der Waals surface area contributed by atoms with E-state index in [9.17, 15) is 9.59 Å². The molecule has 0 saturated carbocycles. The van der Waals surface area contributed by atoms with Crippen molar-refractivity contribution in [3.8, 4) is 5.75 Å². The van der Waals surface area contributed by atoms with Gasteiger partial charge in [-0.15, -0.1) is 0 Å². The number of hydrogen-bond donors (Lipinski definition) is 2. The van der Waals surface area contributed by atoms with E-state index >= 15 is 0 Å². The molecule has 2 aromatic heterocycles. The van der Waals surface area contributed by atoms with Crippen LogP contribution in [0.1, 0.15) is 28.9 Å². The molecule has 1 fully saturated rings. The van der Waals surface area contributed by atoms with Crippen LogP contribution in [0.2, 0.25) is 0 Å². The standard InChI is InChI=1S/C22H26N6O4/c1-12-16-7-14(8-17(16)13(2)27-26-12)9-23-6-5-15-10-28(22(30)32-15)19-4-3-18-21(24-19)25-20(29)11-31-18/h3-4,14-15,23H,5-11H2,1-2H3,(H,24,25,29). The van der Waals surface area contributed by atoms with Gasteiger partial charge in [-0.05, 0) is 75.4 Å². The molecule has 4 heterocycles. The molecule has 1 aliphatic carbocycles. The first-order chi connectivity index (χ1) is 15.5. The van der Waals surface area contributed by atoms with E-state index in [1.807, 2.05) is 13.8 Å². The Morgan fingerprint density at radius 2 is 1.91 bits per heavy atom. The number of fused-ring (bicyclic) bond motifs is 2. The van der Waals surface area contributed by atoms with Crippen molar-refractivity contribution in [2.45, 2.75) is 39.2 Å². The van der Waals surface area contributed by atoms with Crippen LogP contribution < -0.4 is 20.3 Å². The molecule has 0 radical (unpaired) electrons. The van der Waals surface area contributed by atoms with Crippen molar-refractivity contribution >= 4 is 23.6 Å². The molecule has 10 heteroatoms. The summed E-state index contributed by atoms with van der Waals surface area (Å²) in [5, 5.41) is 14.7. The maximum absolute atomic E-state index is 12.4. The largest absolute Gasteiger partial charge is 0.480 e. The Morgan fingerprint density at radius 3 is 2.66 bits per heavy atom. The number of hydrogen-bond acceptors (Lipinski definition) is 8. The minimum atomic E-state index is -0.428. The quantitative estimate of drug-likeness (QED) is 0.652. The highest BCUT2D eigenvalue weighted by atomic mass is 16.6. The Balaban J connectivity index is 1.11. The van der Waals surface area contributed by atoms with Crippen molar-refractivity contribution in [2.75, 3.05) is 36.5 Å². The average molecular weight is 438 g/mol. The van der Waals surface area contributed by atoms with Crippen LogP contribution in [0.25, 0.3) is 0 Å². The molecule has 3 aliphatic rings. The van der Waals surface area contributed by atoms with Gasteiger partial charge in [0.05, 0.1) is 17.9 Å². The first-order valence-electron chi connectivity index (χ1n) is 10.9. The molecule has 2 N–H and O–H groups in total. The number of carbonyl (C=O) groups is 2. The van der Waals surface area contributed by atoms with Crippen LogP contribution in [0, 0.1) is 19.8 Å². The van der Waals surface area contributed by atoms with Crippen molar-refractivity contribution < 1.29 is 19.1 Å². The first kappa shape index (κ1) is 20.6. The number of ether oxygens (including phenoxy) is 2. The Morgan fingerprint density at radius 1 is 1.16 bits per heavy atom. The highest BCUT2D eigenvalue weighted by molar-refractivity contribution is 5.95. The molecule has 1 saturated heterocycles. The van der Waals surface area contributed by atoms with Gasteiger partial charge in [-0.25, -0.2) is 9.78 Å². The maximum atomic E-state index is 12.4. The summed E-state index contributed by atoms with van der Waals surface area (Å²) in [5.41, 5.74) is 4.77. The number of cyclic esters (lactones) is 1. The number of nitrogens with one attached hydrogen (secondary N) is 2. The zero-order valence-electron chi connectivity index (χ0n) is 18.2. The summed E-state index contributed by atoms with van der Waals surface area (Å²) in [5.74, 6) is 1.52. The second-order valence-electron chi connectivity index (χ2n) is 8.56. The lowest BCUT2D eigenvalue weighted by Gasteiger charge is -2.19. The van der Waals surface area contributed by atoms with E-state index in [4.69, 9.17) is 9.47 Å². The summed E-state index contributed by atoms with van der Waals surface area (Å²) >= 11 is 0. The van der Waals surface area contributed by atoms with Crippen LogP contribution in [0.4, 0.5) is 16.4 Å². The number of nitrogens with zero attached hydrogens (tertiary/aromatic N) is 4. The summed E-state index contributed by atoms with van der Waals surface area (Å²) in [4.78, 5) is 29.7. The fourth-order valence-corrected chi connectivity index (χ4v) is 4.58. The summed E-state index contributed by atoms with van der Waals surface area (Å²) < 4.78 is 10.8. The van der Waals surface area contributed by atoms with E-state index in [-0.39, 0.29) is 18.6 Å². The Labute approximate surface area is 185 Å². The van der Waals surface area contributed by atoms with Gasteiger partial charge in [-0.2, -0.15) is 10.2 Å². The molecule has 0 spiro atoms. The summed E-state index contributed by atoms with van der Waals surface area (Å²) in [7, 11) is 0. The summed E-state index contributed by atoms with van der Waals surface area (Å²) in [6.45, 7) is 6.11. The van der Waals surface area contributed by atoms with E-state index < -0.39 is 6.09 Å². The van der Waals surface area contributed by atoms with E-state index in [1.54, 1.807) is 12.1 Å². The van der Waals surface area contributed by atoms with Gasteiger partial charge in [-0.1, -0.05) is 0 Å². The molecular formula is C22H26N6O4. The molecule has 5 rings (SSSR count). The van der Waals surface area contributed by atoms with Crippen LogP contribution in [-0.4, -0.2) is 59.5 Å². The Bertz CT molecular complexity index is 1040. The molecule has 2 amide bonds. The van der Waals surface area contributed by atoms with Gasteiger partial charge in [0.1, 0.15) is 11.9 Å². The predicted molar refractivity (Wildman–Crippen MR) is 116 cm³/mol. The van der Waals surface area contributed by atoms with Gasteiger partial charge in [0.25, 0.3) is 5.91 Å². The molecule has 10 nitrogen and oxygen atoms in total. The normalized spacial score (nSPS) is 19.9. The number of pyridine rings is 1. The van der Waals surface area contributed by atoms with Gasteiger partial charge in [0.15, 0.2) is 18.2 Å². The van der Waals surface area contributed by atoms with Crippen molar-refractivity contribution in [3.63, 3.8) is 0 Å². The molecule has 0 bridgehead atoms. The highest BCUT2D eigenvalue weighted by Gasteiger charge is 2.34. The van der Waals surface area contributed by atoms with E-state index in [2.05, 4.69) is 25.8 Å². The number of amides is 2. The molecular weight excluding hydrogens is 412 g/mol. The third-order valence-electron chi connectivity index (χ3n) is 6.26. The molecule has 1 atom stereocenters. The van der Waals surface area contributed by atoms with Gasteiger partial charge < -0.3 is 20.1 Å². The monoisotopic (exact) mass is 438 g/mol. The maximum Gasteiger partial charge on any atom is 0.415 e. The Hall–Kier alpha value is -3.27. The predicted octanol–water partition coefficient (Wildman–Crippen LogP) is 1.54. The van der Waals surface area contributed by atoms with E-state index in [0.29, 0.717) is 36.3 Å². The van der Waals surface area contributed by atoms with Crippen LogP contribution in [0.5, 0.6) is 5.75 Å². The number of aryl methyl sites for hydroxylation is 2. The number of anilines is 2. The minimum Gasteiger partial charge on any atom is -0.480 e. The summed E-state index contributed by atoms with van der Waals surface area (Å²) in [6, 6.07) is 3.40. The fraction of sp³-hybridized carbons (Fsp3) is 0.500. The van der Waals surface area contributed by atoms with Crippen molar-refractivity contribution in [1.29, 1.82) is 0 Å². The van der Waals surface area contributed by atoms with Crippen LogP contribution in [0.15, 0.2) is 12.1 Å². The summed E-state index contributed by atoms with van der Waals surface area (Å²) in [6.07, 6.45) is 2.13. The average Bonchev–Trinajstić information content (AvgIpc) is 3.38. The molecule has 32 heavy (non-hydrogen) atoms. The lowest BCUT2D eigenvalue weighted by Crippen LogP contribution is -2.30.